The van der Waals surface area contributed by atoms with Crippen molar-refractivity contribution in [3.8, 4) is 6.07 Å². The molecule has 0 spiro atoms. The van der Waals surface area contributed by atoms with Gasteiger partial charge in [0.2, 0.25) is 0 Å². The number of aliphatic carboxylic acids is 3. The number of hydrogen-bond acceptors (Lipinski definition) is 13. The van der Waals surface area contributed by atoms with E-state index in [1.54, 1.807) is 6.92 Å². The number of hydrogen-bond donors (Lipinski definition) is 6. The summed E-state index contributed by atoms with van der Waals surface area (Å²) in [6, 6.07) is 2.34. The number of Topliss-reactive ketones (excluding diaryl/α,β-unsaturated/α-hetero) is 1. The number of carboxylic acids is 3. The maximum Gasteiger partial charge on any atom is 0.318 e. The van der Waals surface area contributed by atoms with E-state index in [2.05, 4.69) is 83.7 Å². The minimum atomic E-state index is -0.982. The Balaban J connectivity index is 0.000000108. The Kier molecular flexibility index (Phi) is 19.4. The van der Waals surface area contributed by atoms with Crippen LogP contribution in [0, 0.1) is 159 Å². The third-order valence-electron chi connectivity index (χ3n) is 22.5. The Labute approximate surface area is 498 Å². The normalized spacial score (nSPS) is 42.9. The summed E-state index contributed by atoms with van der Waals surface area (Å²) in [4.78, 5) is 76.2. The second-order valence-electron chi connectivity index (χ2n) is 27.7. The lowest BCUT2D eigenvalue weighted by Crippen LogP contribution is -2.33. The van der Waals surface area contributed by atoms with Crippen molar-refractivity contribution in [2.75, 3.05) is 19.8 Å². The highest BCUT2D eigenvalue weighted by Crippen LogP contribution is 2.54. The monoisotopic (exact) mass is 1170 g/mol. The van der Waals surface area contributed by atoms with Crippen molar-refractivity contribution in [1.82, 2.24) is 0 Å². The van der Waals surface area contributed by atoms with Crippen molar-refractivity contribution in [1.29, 1.82) is 5.26 Å². The molecular weight excluding hydrogens is 1080 g/mol. The molecule has 17 aliphatic rings. The average molecular weight is 1170 g/mol. The molecule has 0 aromatic carbocycles. The van der Waals surface area contributed by atoms with E-state index in [1.165, 1.54) is 39.0 Å². The summed E-state index contributed by atoms with van der Waals surface area (Å²) in [5.74, 6) is 4.41. The number of aliphatic hydroxyl groups excluding tert-OH is 3. The Hall–Kier alpha value is -6.02. The molecule has 0 aromatic rings. The van der Waals surface area contributed by atoms with E-state index < -0.39 is 29.7 Å². The van der Waals surface area contributed by atoms with Gasteiger partial charge in [0.05, 0.1) is 54.8 Å². The van der Waals surface area contributed by atoms with Crippen LogP contribution in [-0.4, -0.2) is 98.2 Å². The van der Waals surface area contributed by atoms with Crippen molar-refractivity contribution in [2.24, 2.45) is 147 Å². The lowest BCUT2D eigenvalue weighted by Gasteiger charge is -2.31. The number of ketones is 1. The van der Waals surface area contributed by atoms with E-state index in [9.17, 15) is 33.6 Å². The quantitative estimate of drug-likeness (QED) is 0.0750. The molecule has 8 saturated carbocycles. The number of fused-ring (bicyclic) bond motifs is 19. The van der Waals surface area contributed by atoms with Gasteiger partial charge in [0, 0.05) is 30.8 Å². The number of nitrogens with zero attached hydrogens (tertiary/aromatic N) is 1. The van der Waals surface area contributed by atoms with Gasteiger partial charge in [-0.2, -0.15) is 5.26 Å². The van der Waals surface area contributed by atoms with Crippen molar-refractivity contribution in [3.63, 3.8) is 0 Å². The van der Waals surface area contributed by atoms with Crippen LogP contribution in [0.25, 0.3) is 0 Å². The minimum Gasteiger partial charge on any atom is -0.481 e. The van der Waals surface area contributed by atoms with Crippen LogP contribution < -0.4 is 0 Å². The number of nitriles is 1. The molecule has 16 aliphatic carbocycles. The fourth-order valence-corrected chi connectivity index (χ4v) is 18.1. The summed E-state index contributed by atoms with van der Waals surface area (Å²) in [6.07, 6.45) is 49.7. The van der Waals surface area contributed by atoms with E-state index in [0.29, 0.717) is 83.9 Å². The number of carbonyl (C=O) groups excluding carboxylic acids is 4. The van der Waals surface area contributed by atoms with E-state index >= 15 is 0 Å². The molecule has 0 amide bonds. The van der Waals surface area contributed by atoms with Crippen molar-refractivity contribution in [2.45, 2.75) is 110 Å². The summed E-state index contributed by atoms with van der Waals surface area (Å²) >= 11 is 0. The Morgan fingerprint density at radius 2 is 0.941 bits per heavy atom. The van der Waals surface area contributed by atoms with Gasteiger partial charge in [-0.05, 0) is 192 Å². The van der Waals surface area contributed by atoms with Gasteiger partial charge in [-0.3, -0.25) is 33.6 Å². The first kappa shape index (κ1) is 62.0. The summed E-state index contributed by atoms with van der Waals surface area (Å²) in [5, 5.41) is 62.2. The number of cyclic esters (lactones) is 2. The summed E-state index contributed by atoms with van der Waals surface area (Å²) in [5.41, 5.74) is -0.181. The zero-order valence-corrected chi connectivity index (χ0v) is 49.0. The Morgan fingerprint density at radius 1 is 0.494 bits per heavy atom. The van der Waals surface area contributed by atoms with E-state index in [1.807, 2.05) is 24.3 Å². The fourth-order valence-electron chi connectivity index (χ4n) is 18.1. The maximum absolute atomic E-state index is 11.2. The molecule has 0 aromatic heterocycles. The van der Waals surface area contributed by atoms with Crippen molar-refractivity contribution < 1.29 is 73.7 Å². The molecule has 0 radical (unpaired) electrons. The SMILES string of the molecule is CC(=O)C1CC2C=CC1C2.CC(=O)OC1CC2C=CC1C2.N#CC1CC2C=CC1C2.O=C(O)C1C2C=CC(C2)C1C(=O)O.O=C(O)C1CC2C=CC1C2.O=C1OC(=O)C2C3C=CC(C3)C12.OCC1(CO)CC2C=CC1C2.OCC1CC2C=CC1C2. The van der Waals surface area contributed by atoms with E-state index in [0.717, 1.165) is 75.0 Å². The molecule has 16 bridgehead atoms. The van der Waals surface area contributed by atoms with Gasteiger partial charge in [0.25, 0.3) is 0 Å². The molecule has 9 fully saturated rings. The standard InChI is InChI=1S/C9H10O4.C9H8O3.C9H12O2.C9H14O2.C9H12O.C8H9N.C8H10O2.C8H12O/c10-8(11)6-4-1-2-5(3-4)7(6)9(12)13;10-8-6-4-1-2-5(3-4)7(6)9(11)12-8;1-6(10)11-9-5-7-2-3-8(9)4-7;10-5-9(6-11)4-7-1-2-8(9)3-7;1-6(10)9-5-7-2-3-8(9)4-7;9-5-8-4-6-1-2-7(8)3-6;9-8(10)7-4-5-1-2-6(7)3-5;9-5-8-4-6-1-2-7(8)3-6/h1-2,4-7H,3H2,(H,10,11)(H,12,13);1-2,4-7H,3H2;2-3,7-9H,4-5H2,1H3;1-2,7-8,10-11H,3-6H2;2-3,7-9H,4-5H2,1H3;1-2,6-8H,3-4H2;1-2,5-7H,3-4H2,(H,9,10);1-2,6-9H,3-5H2. The highest BCUT2D eigenvalue weighted by atomic mass is 16.6. The number of aliphatic hydroxyl groups is 3. The number of carbonyl (C=O) groups is 7. The average Bonchev–Trinajstić information content (AvgIpc) is 2.02. The third kappa shape index (κ3) is 13.4. The number of esters is 3. The van der Waals surface area contributed by atoms with Gasteiger partial charge in [-0.25, -0.2) is 0 Å². The second kappa shape index (κ2) is 26.5. The lowest BCUT2D eigenvalue weighted by atomic mass is 9.77. The fraction of sp³-hybridized carbons (Fsp3) is 0.652. The first-order chi connectivity index (χ1) is 40.8. The molecule has 16 nitrogen and oxygen atoms in total. The maximum atomic E-state index is 11.2. The highest BCUT2D eigenvalue weighted by Gasteiger charge is 2.58. The molecule has 17 rings (SSSR count). The van der Waals surface area contributed by atoms with Crippen LogP contribution in [0.15, 0.2) is 97.2 Å². The molecule has 25 atom stereocenters. The van der Waals surface area contributed by atoms with Crippen LogP contribution >= 0.6 is 0 Å². The van der Waals surface area contributed by atoms with Crippen LogP contribution in [0.1, 0.15) is 104 Å². The summed E-state index contributed by atoms with van der Waals surface area (Å²) < 4.78 is 9.75. The van der Waals surface area contributed by atoms with E-state index in [-0.39, 0.29) is 84.1 Å². The van der Waals surface area contributed by atoms with Gasteiger partial charge in [0.1, 0.15) is 11.9 Å². The highest BCUT2D eigenvalue weighted by molar-refractivity contribution is 5.98. The van der Waals surface area contributed by atoms with Gasteiger partial charge in [-0.15, -0.1) is 0 Å². The molecule has 85 heavy (non-hydrogen) atoms. The lowest BCUT2D eigenvalue weighted by molar-refractivity contribution is -0.155. The summed E-state index contributed by atoms with van der Waals surface area (Å²) in [7, 11) is 0. The molecule has 1 saturated heterocycles. The number of rotatable bonds is 8. The third-order valence-corrected chi connectivity index (χ3v) is 22.5. The first-order valence-corrected chi connectivity index (χ1v) is 31.6. The van der Waals surface area contributed by atoms with Crippen molar-refractivity contribution >= 4 is 41.6 Å². The van der Waals surface area contributed by atoms with Crippen LogP contribution in [0.3, 0.4) is 0 Å². The molecule has 25 unspecified atom stereocenters. The molecule has 1 heterocycles. The largest absolute Gasteiger partial charge is 0.481 e. The topological polar surface area (TPSA) is 283 Å². The Bertz CT molecular complexity index is 2730. The van der Waals surface area contributed by atoms with Gasteiger partial charge < -0.3 is 40.1 Å². The predicted molar refractivity (Wildman–Crippen MR) is 311 cm³/mol. The van der Waals surface area contributed by atoms with Crippen molar-refractivity contribution in [3.05, 3.63) is 97.2 Å². The predicted octanol–water partition coefficient (Wildman–Crippen LogP) is 9.15. The van der Waals surface area contributed by atoms with Crippen LogP contribution in [0.4, 0.5) is 0 Å². The van der Waals surface area contributed by atoms with Gasteiger partial charge >= 0.3 is 35.8 Å². The molecular formula is C69H87NO15. The zero-order valence-electron chi connectivity index (χ0n) is 49.0. The van der Waals surface area contributed by atoms with Gasteiger partial charge in [0.15, 0.2) is 0 Å². The first-order valence-electron chi connectivity index (χ1n) is 31.6. The van der Waals surface area contributed by atoms with Crippen LogP contribution in [0.2, 0.25) is 0 Å². The molecule has 458 valence electrons. The second-order valence-corrected chi connectivity index (χ2v) is 27.7. The number of allylic oxidation sites excluding steroid dienone is 15. The number of ether oxygens (including phenoxy) is 2. The molecule has 6 N–H and O–H groups in total. The minimum absolute atomic E-state index is 0.0661. The Morgan fingerprint density at radius 3 is 1.24 bits per heavy atom. The summed E-state index contributed by atoms with van der Waals surface area (Å²) in [6.45, 7) is 3.87. The smallest absolute Gasteiger partial charge is 0.318 e. The van der Waals surface area contributed by atoms with E-state index in [4.69, 9.17) is 40.6 Å². The van der Waals surface area contributed by atoms with Crippen LogP contribution in [-0.2, 0) is 43.0 Å². The molecule has 16 heteroatoms. The number of carboxylic acid groups (broad SMARTS) is 3. The van der Waals surface area contributed by atoms with Crippen LogP contribution in [0.5, 0.6) is 0 Å². The van der Waals surface area contributed by atoms with Gasteiger partial charge in [-0.1, -0.05) is 97.2 Å². The zero-order chi connectivity index (χ0) is 60.4. The molecule has 1 aliphatic heterocycles.